The van der Waals surface area contributed by atoms with Crippen molar-refractivity contribution in [2.24, 2.45) is 5.92 Å². The first kappa shape index (κ1) is 16.5. The van der Waals surface area contributed by atoms with Crippen molar-refractivity contribution in [1.82, 2.24) is 9.97 Å². The van der Waals surface area contributed by atoms with Crippen LogP contribution in [-0.2, 0) is 6.42 Å². The first-order valence-corrected chi connectivity index (χ1v) is 8.74. The Morgan fingerprint density at radius 3 is 2.67 bits per heavy atom. The lowest BCUT2D eigenvalue weighted by Gasteiger charge is -2.33. The molecule has 0 saturated carbocycles. The van der Waals surface area contributed by atoms with Gasteiger partial charge >= 0.3 is 0 Å². The van der Waals surface area contributed by atoms with Crippen molar-refractivity contribution < 1.29 is 0 Å². The molecule has 4 nitrogen and oxygen atoms in total. The standard InChI is InChI=1S/C20H26N4/c1-3-11-21-19-15-20(23-16(2)22-19)24-12-9-18(10-13-24)14-17-7-5-4-6-8-17/h3-8,15,18H,1,9-14H2,2H3,(H,21,22,23). The van der Waals surface area contributed by atoms with Crippen LogP contribution >= 0.6 is 0 Å². The fourth-order valence-corrected chi connectivity index (χ4v) is 3.29. The molecule has 24 heavy (non-hydrogen) atoms. The highest BCUT2D eigenvalue weighted by atomic mass is 15.2. The molecule has 0 bridgehead atoms. The molecular formula is C20H26N4. The summed E-state index contributed by atoms with van der Waals surface area (Å²) >= 11 is 0. The van der Waals surface area contributed by atoms with Gasteiger partial charge in [0.1, 0.15) is 17.5 Å². The molecule has 0 unspecified atom stereocenters. The van der Waals surface area contributed by atoms with E-state index < -0.39 is 0 Å². The van der Waals surface area contributed by atoms with Gasteiger partial charge in [0, 0.05) is 25.7 Å². The van der Waals surface area contributed by atoms with Gasteiger partial charge in [-0.1, -0.05) is 36.4 Å². The summed E-state index contributed by atoms with van der Waals surface area (Å²) in [4.78, 5) is 11.4. The second kappa shape index (κ2) is 7.95. The molecule has 3 rings (SSSR count). The molecule has 1 aliphatic rings. The van der Waals surface area contributed by atoms with E-state index in [0.29, 0.717) is 0 Å². The second-order valence-electron chi connectivity index (χ2n) is 6.45. The highest BCUT2D eigenvalue weighted by Crippen LogP contribution is 2.25. The third-order valence-corrected chi connectivity index (χ3v) is 4.56. The van der Waals surface area contributed by atoms with E-state index in [9.17, 15) is 0 Å². The topological polar surface area (TPSA) is 41.0 Å². The lowest BCUT2D eigenvalue weighted by Crippen LogP contribution is -2.35. The highest BCUT2D eigenvalue weighted by molar-refractivity contribution is 5.50. The maximum atomic E-state index is 4.62. The molecule has 126 valence electrons. The summed E-state index contributed by atoms with van der Waals surface area (Å²) < 4.78 is 0. The lowest BCUT2D eigenvalue weighted by molar-refractivity contribution is 0.402. The molecular weight excluding hydrogens is 296 g/mol. The monoisotopic (exact) mass is 322 g/mol. The van der Waals surface area contributed by atoms with Gasteiger partial charge in [-0.15, -0.1) is 6.58 Å². The number of rotatable bonds is 6. The van der Waals surface area contributed by atoms with Crippen molar-refractivity contribution in [3.63, 3.8) is 0 Å². The second-order valence-corrected chi connectivity index (χ2v) is 6.45. The first-order valence-electron chi connectivity index (χ1n) is 8.74. The summed E-state index contributed by atoms with van der Waals surface area (Å²) in [6, 6.07) is 12.9. The van der Waals surface area contributed by atoms with E-state index in [4.69, 9.17) is 0 Å². The number of hydrogen-bond donors (Lipinski definition) is 1. The van der Waals surface area contributed by atoms with Crippen molar-refractivity contribution in [2.75, 3.05) is 29.9 Å². The number of aryl methyl sites for hydroxylation is 1. The Morgan fingerprint density at radius 2 is 1.96 bits per heavy atom. The van der Waals surface area contributed by atoms with Crippen LogP contribution in [0.3, 0.4) is 0 Å². The van der Waals surface area contributed by atoms with E-state index in [1.807, 2.05) is 19.1 Å². The first-order chi connectivity index (χ1) is 11.7. The van der Waals surface area contributed by atoms with Crippen LogP contribution in [0.4, 0.5) is 11.6 Å². The average Bonchev–Trinajstić information content (AvgIpc) is 2.61. The maximum Gasteiger partial charge on any atom is 0.134 e. The third-order valence-electron chi connectivity index (χ3n) is 4.56. The molecule has 1 aromatic carbocycles. The van der Waals surface area contributed by atoms with Crippen molar-refractivity contribution in [2.45, 2.75) is 26.2 Å². The van der Waals surface area contributed by atoms with Gasteiger partial charge in [-0.25, -0.2) is 9.97 Å². The third kappa shape index (κ3) is 4.34. The molecule has 0 radical (unpaired) electrons. The highest BCUT2D eigenvalue weighted by Gasteiger charge is 2.21. The van der Waals surface area contributed by atoms with E-state index in [-0.39, 0.29) is 0 Å². The Morgan fingerprint density at radius 1 is 1.21 bits per heavy atom. The zero-order valence-electron chi connectivity index (χ0n) is 14.4. The van der Waals surface area contributed by atoms with E-state index in [1.54, 1.807) is 0 Å². The molecule has 1 aliphatic heterocycles. The molecule has 0 spiro atoms. The van der Waals surface area contributed by atoms with Crippen molar-refractivity contribution in [3.05, 3.63) is 60.4 Å². The summed E-state index contributed by atoms with van der Waals surface area (Å²) in [6.07, 6.45) is 5.45. The van der Waals surface area contributed by atoms with Gasteiger partial charge in [0.15, 0.2) is 0 Å². The van der Waals surface area contributed by atoms with Gasteiger partial charge in [0.25, 0.3) is 0 Å². The molecule has 2 heterocycles. The van der Waals surface area contributed by atoms with Gasteiger partial charge in [-0.3, -0.25) is 0 Å². The van der Waals surface area contributed by atoms with Crippen molar-refractivity contribution >= 4 is 11.6 Å². The van der Waals surface area contributed by atoms with Crippen LogP contribution in [0.2, 0.25) is 0 Å². The molecule has 1 fully saturated rings. The predicted octanol–water partition coefficient (Wildman–Crippen LogP) is 3.84. The Balaban J connectivity index is 1.60. The number of nitrogens with zero attached hydrogens (tertiary/aromatic N) is 3. The fourth-order valence-electron chi connectivity index (χ4n) is 3.29. The number of hydrogen-bond acceptors (Lipinski definition) is 4. The van der Waals surface area contributed by atoms with E-state index in [1.165, 1.54) is 24.8 Å². The summed E-state index contributed by atoms with van der Waals surface area (Å²) in [5.74, 6) is 3.49. The van der Waals surface area contributed by atoms with Crippen LogP contribution in [0.5, 0.6) is 0 Å². The Labute approximate surface area is 144 Å². The van der Waals surface area contributed by atoms with Crippen LogP contribution < -0.4 is 10.2 Å². The number of aromatic nitrogens is 2. The van der Waals surface area contributed by atoms with Crippen LogP contribution in [0.25, 0.3) is 0 Å². The minimum Gasteiger partial charge on any atom is -0.366 e. The summed E-state index contributed by atoms with van der Waals surface area (Å²) in [6.45, 7) is 8.53. The number of nitrogens with one attached hydrogen (secondary N) is 1. The van der Waals surface area contributed by atoms with Gasteiger partial charge in [-0.2, -0.15) is 0 Å². The molecule has 0 atom stereocenters. The lowest BCUT2D eigenvalue weighted by atomic mass is 9.90. The zero-order chi connectivity index (χ0) is 16.8. The predicted molar refractivity (Wildman–Crippen MR) is 101 cm³/mol. The summed E-state index contributed by atoms with van der Waals surface area (Å²) in [5.41, 5.74) is 1.45. The summed E-state index contributed by atoms with van der Waals surface area (Å²) in [7, 11) is 0. The zero-order valence-corrected chi connectivity index (χ0v) is 14.4. The van der Waals surface area contributed by atoms with Gasteiger partial charge in [0.2, 0.25) is 0 Å². The van der Waals surface area contributed by atoms with E-state index in [0.717, 1.165) is 43.0 Å². The minimum absolute atomic E-state index is 0.717. The Bertz CT molecular complexity index is 661. The fraction of sp³-hybridized carbons (Fsp3) is 0.400. The van der Waals surface area contributed by atoms with Crippen LogP contribution in [0, 0.1) is 12.8 Å². The molecule has 0 amide bonds. The molecule has 4 heteroatoms. The molecule has 0 aliphatic carbocycles. The van der Waals surface area contributed by atoms with Gasteiger partial charge < -0.3 is 10.2 Å². The maximum absolute atomic E-state index is 4.62. The molecule has 1 N–H and O–H groups in total. The quantitative estimate of drug-likeness (QED) is 0.820. The Kier molecular flexibility index (Phi) is 5.47. The SMILES string of the molecule is C=CCNc1cc(N2CCC(Cc3ccccc3)CC2)nc(C)n1. The van der Waals surface area contributed by atoms with Gasteiger partial charge in [0.05, 0.1) is 0 Å². The normalized spacial score (nSPS) is 15.3. The van der Waals surface area contributed by atoms with Gasteiger partial charge in [-0.05, 0) is 37.7 Å². The van der Waals surface area contributed by atoms with Crippen LogP contribution in [0.1, 0.15) is 24.2 Å². The molecule has 1 aromatic heterocycles. The Hall–Kier alpha value is -2.36. The molecule has 2 aromatic rings. The number of benzene rings is 1. The minimum atomic E-state index is 0.717. The number of piperidine rings is 1. The average molecular weight is 322 g/mol. The summed E-state index contributed by atoms with van der Waals surface area (Å²) in [5, 5.41) is 3.26. The largest absolute Gasteiger partial charge is 0.366 e. The van der Waals surface area contributed by atoms with E-state index in [2.05, 4.69) is 57.1 Å². The van der Waals surface area contributed by atoms with Crippen LogP contribution in [0.15, 0.2) is 49.1 Å². The molecule has 1 saturated heterocycles. The smallest absolute Gasteiger partial charge is 0.134 e. The van der Waals surface area contributed by atoms with Crippen molar-refractivity contribution in [3.8, 4) is 0 Å². The van der Waals surface area contributed by atoms with Crippen molar-refractivity contribution in [1.29, 1.82) is 0 Å². The van der Waals surface area contributed by atoms with Crippen LogP contribution in [-0.4, -0.2) is 29.6 Å². The number of anilines is 2. The van der Waals surface area contributed by atoms with E-state index >= 15 is 0 Å².